The van der Waals surface area contributed by atoms with Gasteiger partial charge in [-0.05, 0) is 39.7 Å². The zero-order valence-electron chi connectivity index (χ0n) is 14.9. The van der Waals surface area contributed by atoms with Crippen LogP contribution in [0.4, 0.5) is 18.0 Å². The van der Waals surface area contributed by atoms with Gasteiger partial charge in [-0.25, -0.2) is 4.79 Å². The molecule has 2 unspecified atom stereocenters. The number of nitrogens with one attached hydrogen (secondary N) is 1. The molecular weight excluding hydrogens is 335 g/mol. The predicted octanol–water partition coefficient (Wildman–Crippen LogP) is 4.13. The number of halogens is 3. The second kappa shape index (κ2) is 8.56. The van der Waals surface area contributed by atoms with Crippen LogP contribution in [0.1, 0.15) is 34.1 Å². The summed E-state index contributed by atoms with van der Waals surface area (Å²) >= 11 is 0. The minimum absolute atomic E-state index is 0.159. The van der Waals surface area contributed by atoms with Crippen molar-refractivity contribution in [1.29, 1.82) is 0 Å². The highest BCUT2D eigenvalue weighted by atomic mass is 19.4. The van der Waals surface area contributed by atoms with Gasteiger partial charge in [-0.1, -0.05) is 30.4 Å². The molecular formula is C18H26F3NO3. The zero-order valence-corrected chi connectivity index (χ0v) is 14.9. The number of aliphatic hydroxyl groups excluding tert-OH is 1. The summed E-state index contributed by atoms with van der Waals surface area (Å²) in [7, 11) is 0. The first-order valence-electron chi connectivity index (χ1n) is 8.16. The third kappa shape index (κ3) is 6.94. The monoisotopic (exact) mass is 361 g/mol. The maximum atomic E-state index is 12.8. The van der Waals surface area contributed by atoms with Crippen molar-refractivity contribution in [1.82, 2.24) is 5.32 Å². The Morgan fingerprint density at radius 1 is 1.44 bits per heavy atom. The third-order valence-electron chi connectivity index (χ3n) is 3.67. The van der Waals surface area contributed by atoms with E-state index in [0.29, 0.717) is 5.57 Å². The summed E-state index contributed by atoms with van der Waals surface area (Å²) in [5.41, 5.74) is -0.0712. The Bertz CT molecular complexity index is 545. The first-order chi connectivity index (χ1) is 11.5. The fourth-order valence-electron chi connectivity index (χ4n) is 2.52. The Kier molecular flexibility index (Phi) is 7.29. The molecule has 0 aromatic rings. The summed E-state index contributed by atoms with van der Waals surface area (Å²) < 4.78 is 43.5. The second-order valence-corrected chi connectivity index (χ2v) is 6.93. The summed E-state index contributed by atoms with van der Waals surface area (Å²) in [6.45, 7) is 6.54. The number of alkyl halides is 3. The van der Waals surface area contributed by atoms with Gasteiger partial charge in [0, 0.05) is 5.92 Å². The molecule has 0 spiro atoms. The van der Waals surface area contributed by atoms with Crippen LogP contribution in [0.25, 0.3) is 0 Å². The number of hydrogen-bond donors (Lipinski definition) is 2. The van der Waals surface area contributed by atoms with E-state index in [1.807, 2.05) is 0 Å². The first-order valence-corrected chi connectivity index (χ1v) is 8.16. The summed E-state index contributed by atoms with van der Waals surface area (Å²) in [6, 6.07) is -0.704. The SMILES string of the molecule is C/C=C/C(C1=CCC(C(F)(F)F)C=C1)[C@@H](CO)NC(=O)OC(C)(C)C. The molecule has 1 rings (SSSR count). The van der Waals surface area contributed by atoms with E-state index in [1.54, 1.807) is 39.8 Å². The normalized spacial score (nSPS) is 21.0. The van der Waals surface area contributed by atoms with Gasteiger partial charge in [0.15, 0.2) is 0 Å². The quantitative estimate of drug-likeness (QED) is 0.724. The van der Waals surface area contributed by atoms with Crippen LogP contribution in [0.2, 0.25) is 0 Å². The Labute approximate surface area is 146 Å². The molecule has 0 heterocycles. The number of rotatable bonds is 5. The molecule has 1 amide bonds. The molecule has 2 N–H and O–H groups in total. The van der Waals surface area contributed by atoms with E-state index in [0.717, 1.165) is 6.08 Å². The van der Waals surface area contributed by atoms with Gasteiger partial charge in [-0.15, -0.1) is 0 Å². The highest BCUT2D eigenvalue weighted by molar-refractivity contribution is 5.68. The number of alkyl carbamates (subject to hydrolysis) is 1. The molecule has 0 bridgehead atoms. The van der Waals surface area contributed by atoms with E-state index < -0.39 is 35.7 Å². The number of ether oxygens (including phenoxy) is 1. The van der Waals surface area contributed by atoms with Crippen molar-refractivity contribution >= 4 is 6.09 Å². The van der Waals surface area contributed by atoms with Gasteiger partial charge in [-0.3, -0.25) is 0 Å². The van der Waals surface area contributed by atoms with Crippen molar-refractivity contribution in [3.05, 3.63) is 36.0 Å². The lowest BCUT2D eigenvalue weighted by molar-refractivity contribution is -0.160. The molecule has 0 aliphatic heterocycles. The topological polar surface area (TPSA) is 58.6 Å². The molecule has 1 aliphatic carbocycles. The Morgan fingerprint density at radius 3 is 2.48 bits per heavy atom. The molecule has 4 nitrogen and oxygen atoms in total. The zero-order chi connectivity index (χ0) is 19.3. The Morgan fingerprint density at radius 2 is 2.08 bits per heavy atom. The Hall–Kier alpha value is -1.76. The number of amides is 1. The molecule has 25 heavy (non-hydrogen) atoms. The van der Waals surface area contributed by atoms with E-state index in [9.17, 15) is 23.1 Å². The van der Waals surface area contributed by atoms with Gasteiger partial charge >= 0.3 is 12.3 Å². The average molecular weight is 361 g/mol. The van der Waals surface area contributed by atoms with E-state index in [-0.39, 0.29) is 13.0 Å². The van der Waals surface area contributed by atoms with Gasteiger partial charge in [0.25, 0.3) is 0 Å². The maximum absolute atomic E-state index is 12.8. The van der Waals surface area contributed by atoms with Crippen LogP contribution in [-0.2, 0) is 4.74 Å². The number of allylic oxidation sites excluding steroid dienone is 4. The third-order valence-corrected chi connectivity index (χ3v) is 3.67. The lowest BCUT2D eigenvalue weighted by Crippen LogP contribution is -2.45. The van der Waals surface area contributed by atoms with E-state index in [2.05, 4.69) is 5.32 Å². The second-order valence-electron chi connectivity index (χ2n) is 6.93. The van der Waals surface area contributed by atoms with Gasteiger partial charge < -0.3 is 15.2 Å². The van der Waals surface area contributed by atoms with Crippen LogP contribution >= 0.6 is 0 Å². The van der Waals surface area contributed by atoms with Crippen molar-refractivity contribution in [3.63, 3.8) is 0 Å². The lowest BCUT2D eigenvalue weighted by Gasteiger charge is -2.29. The fourth-order valence-corrected chi connectivity index (χ4v) is 2.52. The maximum Gasteiger partial charge on any atom is 0.407 e. The summed E-state index contributed by atoms with van der Waals surface area (Å²) in [5.74, 6) is -1.96. The van der Waals surface area contributed by atoms with Crippen molar-refractivity contribution in [2.75, 3.05) is 6.61 Å². The van der Waals surface area contributed by atoms with E-state index in [4.69, 9.17) is 4.74 Å². The largest absolute Gasteiger partial charge is 0.444 e. The van der Waals surface area contributed by atoms with Crippen molar-refractivity contribution in [3.8, 4) is 0 Å². The number of hydrogen-bond acceptors (Lipinski definition) is 3. The molecule has 0 aromatic carbocycles. The van der Waals surface area contributed by atoms with E-state index in [1.165, 1.54) is 12.2 Å². The van der Waals surface area contributed by atoms with Gasteiger partial charge in [0.2, 0.25) is 0 Å². The van der Waals surface area contributed by atoms with Crippen LogP contribution < -0.4 is 5.32 Å². The van der Waals surface area contributed by atoms with Crippen molar-refractivity contribution in [2.24, 2.45) is 11.8 Å². The van der Waals surface area contributed by atoms with Crippen LogP contribution in [0.5, 0.6) is 0 Å². The van der Waals surface area contributed by atoms with E-state index >= 15 is 0 Å². The summed E-state index contributed by atoms with van der Waals surface area (Å²) in [5, 5.41) is 12.2. The fraction of sp³-hybridized carbons (Fsp3) is 0.611. The highest BCUT2D eigenvalue weighted by Crippen LogP contribution is 2.35. The van der Waals surface area contributed by atoms with Crippen LogP contribution in [0.3, 0.4) is 0 Å². The summed E-state index contributed by atoms with van der Waals surface area (Å²) in [4.78, 5) is 11.9. The minimum atomic E-state index is -4.28. The van der Waals surface area contributed by atoms with Crippen molar-refractivity contribution < 1.29 is 27.8 Å². The summed E-state index contributed by atoms with van der Waals surface area (Å²) in [6.07, 6.45) is 2.38. The molecule has 1 aliphatic rings. The smallest absolute Gasteiger partial charge is 0.407 e. The molecule has 0 aromatic heterocycles. The predicted molar refractivity (Wildman–Crippen MR) is 89.9 cm³/mol. The molecule has 142 valence electrons. The van der Waals surface area contributed by atoms with Crippen LogP contribution in [0, 0.1) is 11.8 Å². The minimum Gasteiger partial charge on any atom is -0.444 e. The average Bonchev–Trinajstić information content (AvgIpc) is 2.48. The standard InChI is InChI=1S/C18H26F3NO3/c1-5-6-14(12-7-9-13(10-8-12)18(19,20)21)15(11-23)22-16(24)25-17(2,3)4/h5-9,13-15,23H,10-11H2,1-4H3,(H,22,24)/b6-5+/t13?,14?,15-/m1/s1. The first kappa shape index (κ1) is 21.3. The lowest BCUT2D eigenvalue weighted by atomic mass is 9.85. The Balaban J connectivity index is 2.89. The molecule has 0 saturated heterocycles. The molecule has 0 fully saturated rings. The van der Waals surface area contributed by atoms with Gasteiger partial charge in [0.05, 0.1) is 18.6 Å². The van der Waals surface area contributed by atoms with Crippen molar-refractivity contribution in [2.45, 2.75) is 51.9 Å². The van der Waals surface area contributed by atoms with Gasteiger partial charge in [-0.2, -0.15) is 13.2 Å². The molecule has 0 radical (unpaired) electrons. The van der Waals surface area contributed by atoms with Crippen LogP contribution in [0.15, 0.2) is 36.0 Å². The molecule has 3 atom stereocenters. The van der Waals surface area contributed by atoms with Gasteiger partial charge in [0.1, 0.15) is 5.60 Å². The number of carbonyl (C=O) groups is 1. The number of carbonyl (C=O) groups excluding carboxylic acids is 1. The highest BCUT2D eigenvalue weighted by Gasteiger charge is 2.38. The number of aliphatic hydroxyl groups is 1. The molecule has 7 heteroatoms. The van der Waals surface area contributed by atoms with Crippen LogP contribution in [-0.4, -0.2) is 35.6 Å². The molecule has 0 saturated carbocycles.